The molecule has 0 bridgehead atoms. The van der Waals surface area contributed by atoms with Crippen LogP contribution in [0.2, 0.25) is 0 Å². The molecule has 11 rings (SSSR count). The summed E-state index contributed by atoms with van der Waals surface area (Å²) >= 11 is 0. The summed E-state index contributed by atoms with van der Waals surface area (Å²) in [5.41, 5.74) is 6.86. The van der Waals surface area contributed by atoms with Gasteiger partial charge in [0.1, 0.15) is 87.3 Å². The summed E-state index contributed by atoms with van der Waals surface area (Å²) in [4.78, 5) is 0. The van der Waals surface area contributed by atoms with Crippen molar-refractivity contribution in [2.24, 2.45) is 0 Å². The number of phenols is 9. The van der Waals surface area contributed by atoms with E-state index >= 15 is 0 Å². The van der Waals surface area contributed by atoms with E-state index in [0.717, 1.165) is 5.56 Å². The van der Waals surface area contributed by atoms with Crippen molar-refractivity contribution >= 4 is 12.2 Å². The number of benzene rings is 8. The number of aromatic hydroxyl groups is 9. The van der Waals surface area contributed by atoms with Gasteiger partial charge >= 0.3 is 0 Å². The highest BCUT2D eigenvalue weighted by atomic mass is 16.5. The lowest BCUT2D eigenvalue weighted by atomic mass is 9.73. The van der Waals surface area contributed by atoms with Crippen LogP contribution in [0.1, 0.15) is 97.3 Å². The fourth-order valence-corrected chi connectivity index (χ4v) is 10.2. The SMILES string of the molecule is Oc1ccc(C=Cc2cc(O)cc3c2[C@@H](c2cc(O)cc4c2[C@@H](c2cc(O)cc5c2[C@@H](c2cc(O)cc(O)c2)[C@H](c2ccc(O)cc2)O5)[C@H](c2ccc(O)cc2)O4)[C@H](c2ccc(O)cc2)O3)cc1. The number of rotatable bonds is 8. The highest BCUT2D eigenvalue weighted by Crippen LogP contribution is 2.63. The fraction of sp³-hybridized carbons (Fsp3) is 0.107. The minimum Gasteiger partial charge on any atom is -0.508 e. The lowest BCUT2D eigenvalue weighted by Crippen LogP contribution is -2.18. The van der Waals surface area contributed by atoms with Crippen LogP contribution in [-0.2, 0) is 0 Å². The van der Waals surface area contributed by atoms with Crippen LogP contribution in [0.3, 0.4) is 0 Å². The molecule has 8 aromatic rings. The minimum atomic E-state index is -0.856. The van der Waals surface area contributed by atoms with Crippen molar-refractivity contribution in [3.63, 3.8) is 0 Å². The van der Waals surface area contributed by atoms with E-state index in [1.54, 1.807) is 115 Å². The van der Waals surface area contributed by atoms with Gasteiger partial charge in [-0.3, -0.25) is 0 Å². The molecule has 0 saturated heterocycles. The normalized spacial score (nSPS) is 20.0. The second-order valence-electron chi connectivity index (χ2n) is 17.4. The predicted octanol–water partition coefficient (Wildman–Crippen LogP) is 11.0. The van der Waals surface area contributed by atoms with E-state index in [1.807, 2.05) is 12.2 Å². The molecule has 338 valence electrons. The van der Waals surface area contributed by atoms with Crippen molar-refractivity contribution in [1.82, 2.24) is 0 Å². The Labute approximate surface area is 389 Å². The Kier molecular flexibility index (Phi) is 9.96. The molecule has 3 heterocycles. The number of phenolic OH excluding ortho intramolecular Hbond substituents is 9. The largest absolute Gasteiger partial charge is 0.508 e. The van der Waals surface area contributed by atoms with E-state index in [-0.39, 0.29) is 51.7 Å². The Hall–Kier alpha value is -8.90. The smallest absolute Gasteiger partial charge is 0.135 e. The van der Waals surface area contributed by atoms with Gasteiger partial charge in [-0.15, -0.1) is 0 Å². The molecule has 0 amide bonds. The van der Waals surface area contributed by atoms with Gasteiger partial charge in [-0.05, 0) is 123 Å². The van der Waals surface area contributed by atoms with Crippen molar-refractivity contribution in [3.05, 3.63) is 213 Å². The standard InChI is InChI=1S/C56H42O12/c57-34-11-2-28(3-12-34)1-4-32-19-40(63)25-45-48(32)52(55(66-45)30-7-15-36(59)16-8-30)44-24-42(65)27-47-51(44)53(56(68-47)31-9-17-37(60)18-10-31)43-23-41(64)26-46-50(43)49(33-20-38(61)22-39(62)21-33)54(67-46)29-5-13-35(58)14-6-29/h1-27,49,52-65H/t49-,52-,53-,54+,55+,56+/m1/s1. The molecule has 0 spiro atoms. The molecule has 3 aliphatic heterocycles. The molecule has 12 nitrogen and oxygen atoms in total. The number of hydrogen-bond acceptors (Lipinski definition) is 12. The molecule has 68 heavy (non-hydrogen) atoms. The van der Waals surface area contributed by atoms with Gasteiger partial charge in [0.2, 0.25) is 0 Å². The van der Waals surface area contributed by atoms with Crippen molar-refractivity contribution in [2.45, 2.75) is 36.1 Å². The lowest BCUT2D eigenvalue weighted by molar-refractivity contribution is 0.219. The molecule has 0 saturated carbocycles. The highest BCUT2D eigenvalue weighted by molar-refractivity contribution is 5.76. The Morgan fingerprint density at radius 1 is 0.294 bits per heavy atom. The number of fused-ring (bicyclic) bond motifs is 3. The average molecular weight is 907 g/mol. The van der Waals surface area contributed by atoms with Gasteiger partial charge in [-0.1, -0.05) is 60.7 Å². The third-order valence-electron chi connectivity index (χ3n) is 13.0. The topological polar surface area (TPSA) is 210 Å². The van der Waals surface area contributed by atoms with Gasteiger partial charge in [0.15, 0.2) is 0 Å². The molecule has 3 aliphatic rings. The highest BCUT2D eigenvalue weighted by Gasteiger charge is 2.49. The quantitative estimate of drug-likeness (QED) is 0.0652. The molecule has 9 N–H and O–H groups in total. The van der Waals surface area contributed by atoms with Crippen molar-refractivity contribution in [2.75, 3.05) is 0 Å². The summed E-state index contributed by atoms with van der Waals surface area (Å²) < 4.78 is 20.6. The maximum Gasteiger partial charge on any atom is 0.135 e. The van der Waals surface area contributed by atoms with Crippen LogP contribution in [0.5, 0.6) is 69.0 Å². The van der Waals surface area contributed by atoms with E-state index in [9.17, 15) is 46.0 Å². The van der Waals surface area contributed by atoms with E-state index in [0.29, 0.717) is 72.9 Å². The maximum atomic E-state index is 11.8. The van der Waals surface area contributed by atoms with Crippen LogP contribution in [0, 0.1) is 0 Å². The Balaban J connectivity index is 1.18. The molecular weight excluding hydrogens is 865 g/mol. The minimum absolute atomic E-state index is 0.0267. The van der Waals surface area contributed by atoms with Crippen LogP contribution >= 0.6 is 0 Å². The molecule has 8 aromatic carbocycles. The Morgan fingerprint density at radius 3 is 1.10 bits per heavy atom. The van der Waals surface area contributed by atoms with Gasteiger partial charge in [-0.25, -0.2) is 0 Å². The first-order valence-corrected chi connectivity index (χ1v) is 21.8. The van der Waals surface area contributed by atoms with Crippen molar-refractivity contribution < 1.29 is 60.2 Å². The second-order valence-corrected chi connectivity index (χ2v) is 17.4. The first-order valence-electron chi connectivity index (χ1n) is 21.8. The fourth-order valence-electron chi connectivity index (χ4n) is 10.2. The monoisotopic (exact) mass is 906 g/mol. The van der Waals surface area contributed by atoms with Gasteiger partial charge in [0.25, 0.3) is 0 Å². The Bertz CT molecular complexity index is 3250. The first kappa shape index (κ1) is 41.8. The zero-order valence-electron chi connectivity index (χ0n) is 35.8. The third-order valence-corrected chi connectivity index (χ3v) is 13.0. The summed E-state index contributed by atoms with van der Waals surface area (Å²) in [6.45, 7) is 0. The van der Waals surface area contributed by atoms with E-state index in [2.05, 4.69) is 0 Å². The average Bonchev–Trinajstić information content (AvgIpc) is 4.01. The van der Waals surface area contributed by atoms with Crippen LogP contribution in [0.15, 0.2) is 152 Å². The van der Waals surface area contributed by atoms with E-state index in [4.69, 9.17) is 14.2 Å². The zero-order chi connectivity index (χ0) is 47.0. The Morgan fingerprint density at radius 2 is 0.647 bits per heavy atom. The summed E-state index contributed by atoms with van der Waals surface area (Å²) in [5.74, 6) is -1.73. The number of ether oxygens (including phenoxy) is 3. The second kappa shape index (κ2) is 16.2. The molecule has 0 unspecified atom stereocenters. The van der Waals surface area contributed by atoms with Crippen molar-refractivity contribution in [3.8, 4) is 69.0 Å². The van der Waals surface area contributed by atoms with Gasteiger partial charge < -0.3 is 60.2 Å². The molecular formula is C56H42O12. The summed E-state index contributed by atoms with van der Waals surface area (Å²) in [6, 6.07) is 40.2. The molecule has 0 aliphatic carbocycles. The van der Waals surface area contributed by atoms with Crippen LogP contribution in [0.25, 0.3) is 12.2 Å². The molecule has 0 radical (unpaired) electrons. The zero-order valence-corrected chi connectivity index (χ0v) is 35.8. The van der Waals surface area contributed by atoms with Crippen LogP contribution in [0.4, 0.5) is 0 Å². The van der Waals surface area contributed by atoms with E-state index < -0.39 is 36.1 Å². The predicted molar refractivity (Wildman–Crippen MR) is 251 cm³/mol. The summed E-state index contributed by atoms with van der Waals surface area (Å²) in [5, 5.41) is 97.7. The van der Waals surface area contributed by atoms with E-state index in [1.165, 1.54) is 36.4 Å². The molecule has 6 atom stereocenters. The summed E-state index contributed by atoms with van der Waals surface area (Å²) in [6.07, 6.45) is 1.25. The van der Waals surface area contributed by atoms with Gasteiger partial charge in [0.05, 0.1) is 17.8 Å². The molecule has 12 heteroatoms. The molecule has 0 aromatic heterocycles. The third kappa shape index (κ3) is 7.37. The molecule has 0 fully saturated rings. The van der Waals surface area contributed by atoms with Gasteiger partial charge in [-0.2, -0.15) is 0 Å². The van der Waals surface area contributed by atoms with Crippen LogP contribution < -0.4 is 14.2 Å². The van der Waals surface area contributed by atoms with Crippen LogP contribution in [-0.4, -0.2) is 46.0 Å². The van der Waals surface area contributed by atoms with Gasteiger partial charge in [0, 0.05) is 41.0 Å². The van der Waals surface area contributed by atoms with Crippen molar-refractivity contribution in [1.29, 1.82) is 0 Å². The lowest BCUT2D eigenvalue weighted by Gasteiger charge is -2.28. The maximum absolute atomic E-state index is 11.8. The first-order chi connectivity index (χ1) is 32.8. The summed E-state index contributed by atoms with van der Waals surface area (Å²) in [7, 11) is 0. The number of hydrogen-bond donors (Lipinski definition) is 9.